The third kappa shape index (κ3) is 6.18. The fraction of sp³-hybridized carbons (Fsp3) is 0.211. The highest BCUT2D eigenvalue weighted by Crippen LogP contribution is 2.46. The molecular formula is C38H35N5O6S. The fourth-order valence-corrected chi connectivity index (χ4v) is 7.71. The van der Waals surface area contributed by atoms with Crippen molar-refractivity contribution in [1.82, 2.24) is 19.5 Å². The Morgan fingerprint density at radius 2 is 1.36 bits per heavy atom. The molecule has 11 nitrogen and oxygen atoms in total. The number of aliphatic hydroxyl groups excluding tert-OH is 2. The molecule has 4 aromatic carbocycles. The van der Waals surface area contributed by atoms with Gasteiger partial charge in [0.1, 0.15) is 34.9 Å². The summed E-state index contributed by atoms with van der Waals surface area (Å²) in [6.45, 7) is 0.0757. The molecular weight excluding hydrogens is 655 g/mol. The molecule has 0 aliphatic carbocycles. The van der Waals surface area contributed by atoms with Gasteiger partial charge in [0, 0.05) is 5.56 Å². The number of carbonyl (C=O) groups is 1. The zero-order valence-electron chi connectivity index (χ0n) is 27.3. The number of rotatable bonds is 11. The summed E-state index contributed by atoms with van der Waals surface area (Å²) < 4.78 is 19.6. The number of ether oxygens (including phenoxy) is 3. The third-order valence-corrected chi connectivity index (χ3v) is 10.4. The molecule has 0 unspecified atom stereocenters. The van der Waals surface area contributed by atoms with Crippen LogP contribution in [-0.4, -0.2) is 73.9 Å². The first kappa shape index (κ1) is 33.2. The van der Waals surface area contributed by atoms with Gasteiger partial charge in [-0.05, 0) is 53.1 Å². The predicted molar refractivity (Wildman–Crippen MR) is 190 cm³/mol. The molecule has 0 bridgehead atoms. The number of carbonyl (C=O) groups excluding carboxylic acids is 1. The van der Waals surface area contributed by atoms with Crippen LogP contribution in [0.5, 0.6) is 11.5 Å². The van der Waals surface area contributed by atoms with Gasteiger partial charge in [-0.2, -0.15) is 0 Å². The molecule has 6 aromatic rings. The van der Waals surface area contributed by atoms with Crippen molar-refractivity contribution in [1.29, 1.82) is 0 Å². The highest BCUT2D eigenvalue weighted by Gasteiger charge is 2.46. The minimum absolute atomic E-state index is 0.0757. The number of methoxy groups -OCH3 is 2. The molecule has 12 heteroatoms. The first-order chi connectivity index (χ1) is 24.4. The molecule has 0 spiro atoms. The van der Waals surface area contributed by atoms with E-state index in [1.165, 1.54) is 24.4 Å². The lowest BCUT2D eigenvalue weighted by molar-refractivity contribution is -0.0269. The van der Waals surface area contributed by atoms with E-state index in [1.807, 2.05) is 84.9 Å². The number of fused-ring (bicyclic) bond motifs is 1. The number of hydrogen-bond acceptors (Lipinski definition) is 10. The average Bonchev–Trinajstić information content (AvgIpc) is 3.73. The zero-order valence-corrected chi connectivity index (χ0v) is 28.1. The maximum absolute atomic E-state index is 12.9. The molecule has 3 N–H and O–H groups in total. The molecule has 1 saturated heterocycles. The second-order valence-corrected chi connectivity index (χ2v) is 13.1. The molecule has 1 aliphatic rings. The van der Waals surface area contributed by atoms with Gasteiger partial charge in [0.05, 0.1) is 38.5 Å². The Hall–Kier alpha value is -5.27. The molecule has 7 rings (SSSR count). The largest absolute Gasteiger partial charge is 0.497 e. The van der Waals surface area contributed by atoms with Crippen LogP contribution in [0.4, 0.5) is 5.82 Å². The van der Waals surface area contributed by atoms with Gasteiger partial charge in [-0.25, -0.2) is 15.0 Å². The van der Waals surface area contributed by atoms with Crippen LogP contribution >= 0.6 is 11.8 Å². The van der Waals surface area contributed by atoms with Crippen molar-refractivity contribution in [3.63, 3.8) is 0 Å². The van der Waals surface area contributed by atoms with Crippen LogP contribution in [0, 0.1) is 0 Å². The number of hydrogen-bond donors (Lipinski definition) is 3. The number of aliphatic hydroxyl groups is 2. The Morgan fingerprint density at radius 1 is 0.780 bits per heavy atom. The highest BCUT2D eigenvalue weighted by atomic mass is 32.2. The number of nitrogens with zero attached hydrogens (tertiary/aromatic N) is 4. The minimum atomic E-state index is -1.17. The smallest absolute Gasteiger partial charge is 0.256 e. The Kier molecular flexibility index (Phi) is 9.50. The van der Waals surface area contributed by atoms with Crippen molar-refractivity contribution in [3.05, 3.63) is 144 Å². The van der Waals surface area contributed by atoms with E-state index in [1.54, 1.807) is 43.1 Å². The van der Waals surface area contributed by atoms with Gasteiger partial charge in [0.2, 0.25) is 0 Å². The summed E-state index contributed by atoms with van der Waals surface area (Å²) in [5, 5.41) is 24.5. The predicted octanol–water partition coefficient (Wildman–Crippen LogP) is 5.44. The summed E-state index contributed by atoms with van der Waals surface area (Å²) in [7, 11) is 3.24. The quantitative estimate of drug-likeness (QED) is 0.151. The molecule has 50 heavy (non-hydrogen) atoms. The summed E-state index contributed by atoms with van der Waals surface area (Å²) in [6, 6.07) is 34.1. The number of benzene rings is 4. The average molecular weight is 690 g/mol. The number of aromatic nitrogens is 4. The van der Waals surface area contributed by atoms with Gasteiger partial charge in [-0.15, -0.1) is 11.8 Å². The van der Waals surface area contributed by atoms with Crippen LogP contribution in [0.1, 0.15) is 32.4 Å². The van der Waals surface area contributed by atoms with E-state index in [0.29, 0.717) is 28.2 Å². The van der Waals surface area contributed by atoms with E-state index in [4.69, 9.17) is 14.2 Å². The monoisotopic (exact) mass is 689 g/mol. The number of imidazole rings is 1. The molecule has 1 aliphatic heterocycles. The van der Waals surface area contributed by atoms with Gasteiger partial charge >= 0.3 is 0 Å². The van der Waals surface area contributed by atoms with E-state index < -0.39 is 28.4 Å². The second-order valence-electron chi connectivity index (χ2n) is 11.7. The third-order valence-electron chi connectivity index (χ3n) is 8.88. The van der Waals surface area contributed by atoms with Crippen LogP contribution in [0.25, 0.3) is 11.2 Å². The zero-order chi connectivity index (χ0) is 34.7. The van der Waals surface area contributed by atoms with Crippen LogP contribution < -0.4 is 14.8 Å². The summed E-state index contributed by atoms with van der Waals surface area (Å²) >= 11 is 1.36. The fourth-order valence-electron chi connectivity index (χ4n) is 6.28. The standard InChI is InChI=1S/C38H35N5O6S/c1-47-28-17-13-26(14-18-28)38(25-11-7-4-8-12-25,27-15-19-29(48-2)20-16-27)49-21-30-32(44)33(45)37(50-30)43-23-41-31-34(39-22-40-35(31)43)42-36(46)24-9-5-3-6-10-24/h3-20,22-23,30,32-33,37,44-45H,21H2,1-2H3,(H,39,40,42,46)/t30-,32-,33-,37-/m1/s1. The van der Waals surface area contributed by atoms with Gasteiger partial charge < -0.3 is 29.7 Å². The molecule has 2 aromatic heterocycles. The summed E-state index contributed by atoms with van der Waals surface area (Å²) in [4.78, 5) is 26.0. The van der Waals surface area contributed by atoms with Crippen molar-refractivity contribution >= 4 is 34.7 Å². The minimum Gasteiger partial charge on any atom is -0.497 e. The number of amides is 1. The molecule has 0 radical (unpaired) electrons. The van der Waals surface area contributed by atoms with E-state index in [0.717, 1.165) is 16.7 Å². The van der Waals surface area contributed by atoms with Gasteiger partial charge in [0.25, 0.3) is 5.91 Å². The van der Waals surface area contributed by atoms with Crippen LogP contribution in [0.15, 0.2) is 122 Å². The van der Waals surface area contributed by atoms with Gasteiger partial charge in [0.15, 0.2) is 17.0 Å². The summed E-state index contributed by atoms with van der Waals surface area (Å²) in [6.07, 6.45) is 0.567. The molecule has 1 amide bonds. The molecule has 3 heterocycles. The normalized spacial score (nSPS) is 19.0. The lowest BCUT2D eigenvalue weighted by Crippen LogP contribution is -2.39. The topological polar surface area (TPSA) is 141 Å². The first-order valence-electron chi connectivity index (χ1n) is 16.0. The lowest BCUT2D eigenvalue weighted by Gasteiger charge is -2.37. The molecule has 254 valence electrons. The van der Waals surface area contributed by atoms with Crippen molar-refractivity contribution < 1.29 is 29.2 Å². The van der Waals surface area contributed by atoms with Crippen molar-refractivity contribution in [2.24, 2.45) is 0 Å². The molecule has 4 atom stereocenters. The van der Waals surface area contributed by atoms with Crippen molar-refractivity contribution in [2.45, 2.75) is 28.4 Å². The SMILES string of the molecule is COc1ccc(C(OC[C@H]2S[C@@H](n3cnc4c(NC(=O)c5ccccc5)ncnc43)[C@H](O)[C@@H]2O)(c2ccccc2)c2ccc(OC)cc2)cc1. The Morgan fingerprint density at radius 3 is 1.96 bits per heavy atom. The summed E-state index contributed by atoms with van der Waals surface area (Å²) in [5.74, 6) is 1.32. The lowest BCUT2D eigenvalue weighted by atomic mass is 9.80. The number of anilines is 1. The van der Waals surface area contributed by atoms with Gasteiger partial charge in [-0.3, -0.25) is 9.36 Å². The second kappa shape index (κ2) is 14.3. The maximum Gasteiger partial charge on any atom is 0.256 e. The molecule has 1 fully saturated rings. The van der Waals surface area contributed by atoms with Crippen molar-refractivity contribution in [2.75, 3.05) is 26.1 Å². The van der Waals surface area contributed by atoms with E-state index in [2.05, 4.69) is 20.3 Å². The Bertz CT molecular complexity index is 2010. The first-order valence-corrected chi connectivity index (χ1v) is 16.9. The van der Waals surface area contributed by atoms with E-state index in [9.17, 15) is 15.0 Å². The van der Waals surface area contributed by atoms with E-state index >= 15 is 0 Å². The Labute approximate surface area is 292 Å². The summed E-state index contributed by atoms with van der Waals surface area (Å²) in [5.41, 5.74) is 2.74. The van der Waals surface area contributed by atoms with Gasteiger partial charge in [-0.1, -0.05) is 72.8 Å². The number of thioether (sulfide) groups is 1. The van der Waals surface area contributed by atoms with Crippen LogP contribution in [0.2, 0.25) is 0 Å². The highest BCUT2D eigenvalue weighted by molar-refractivity contribution is 8.00. The van der Waals surface area contributed by atoms with Crippen molar-refractivity contribution in [3.8, 4) is 11.5 Å². The van der Waals surface area contributed by atoms with Crippen LogP contribution in [-0.2, 0) is 10.3 Å². The Balaban J connectivity index is 1.20. The van der Waals surface area contributed by atoms with E-state index in [-0.39, 0.29) is 18.3 Å². The molecule has 0 saturated carbocycles. The maximum atomic E-state index is 12.9. The number of nitrogens with one attached hydrogen (secondary N) is 1. The van der Waals surface area contributed by atoms with Crippen LogP contribution in [0.3, 0.4) is 0 Å².